The molecule has 4 nitrogen and oxygen atoms in total. The van der Waals surface area contributed by atoms with Gasteiger partial charge < -0.3 is 9.80 Å². The van der Waals surface area contributed by atoms with Gasteiger partial charge in [-0.3, -0.25) is 0 Å². The molecule has 0 bridgehead atoms. The van der Waals surface area contributed by atoms with E-state index in [1.54, 1.807) is 6.33 Å². The smallest absolute Gasteiger partial charge is 0.157 e. The first-order valence-corrected chi connectivity index (χ1v) is 5.66. The van der Waals surface area contributed by atoms with Crippen LogP contribution in [0.4, 0.5) is 17.2 Å². The molecular formula is C13H14N4. The SMILES string of the molecule is CC1N(C)c2ncncc2N1c1ccccc1. The molecule has 0 saturated carbocycles. The van der Waals surface area contributed by atoms with Crippen molar-refractivity contribution in [1.29, 1.82) is 0 Å². The van der Waals surface area contributed by atoms with Gasteiger partial charge in [-0.25, -0.2) is 9.97 Å². The zero-order chi connectivity index (χ0) is 11.8. The van der Waals surface area contributed by atoms with E-state index in [4.69, 9.17) is 0 Å². The molecule has 0 aliphatic carbocycles. The van der Waals surface area contributed by atoms with Crippen LogP contribution in [0.25, 0.3) is 0 Å². The molecule has 0 saturated heterocycles. The highest BCUT2D eigenvalue weighted by Gasteiger charge is 2.32. The van der Waals surface area contributed by atoms with Crippen molar-refractivity contribution in [3.05, 3.63) is 42.9 Å². The van der Waals surface area contributed by atoms with Crippen LogP contribution in [0.2, 0.25) is 0 Å². The molecule has 2 heterocycles. The van der Waals surface area contributed by atoms with Crippen LogP contribution in [0.5, 0.6) is 0 Å². The van der Waals surface area contributed by atoms with Crippen LogP contribution in [0.15, 0.2) is 42.9 Å². The Morgan fingerprint density at radius 1 is 1.18 bits per heavy atom. The van der Waals surface area contributed by atoms with E-state index in [9.17, 15) is 0 Å². The molecule has 1 atom stereocenters. The minimum Gasteiger partial charge on any atom is -0.337 e. The predicted octanol–water partition coefficient (Wildman–Crippen LogP) is 2.41. The van der Waals surface area contributed by atoms with Crippen molar-refractivity contribution in [2.45, 2.75) is 13.1 Å². The highest BCUT2D eigenvalue weighted by molar-refractivity contribution is 5.79. The maximum Gasteiger partial charge on any atom is 0.157 e. The lowest BCUT2D eigenvalue weighted by atomic mass is 10.2. The van der Waals surface area contributed by atoms with Gasteiger partial charge >= 0.3 is 0 Å². The molecule has 86 valence electrons. The fourth-order valence-electron chi connectivity index (χ4n) is 2.25. The normalized spacial score (nSPS) is 18.4. The van der Waals surface area contributed by atoms with E-state index in [2.05, 4.69) is 45.9 Å². The molecule has 1 aromatic carbocycles. The molecule has 1 aliphatic rings. The lowest BCUT2D eigenvalue weighted by molar-refractivity contribution is 0.729. The zero-order valence-corrected chi connectivity index (χ0v) is 9.91. The van der Waals surface area contributed by atoms with Gasteiger partial charge in [0.15, 0.2) is 5.82 Å². The van der Waals surface area contributed by atoms with Gasteiger partial charge in [0.2, 0.25) is 0 Å². The van der Waals surface area contributed by atoms with E-state index >= 15 is 0 Å². The quantitative estimate of drug-likeness (QED) is 0.747. The third-order valence-corrected chi connectivity index (χ3v) is 3.23. The number of fused-ring (bicyclic) bond motifs is 1. The summed E-state index contributed by atoms with van der Waals surface area (Å²) in [6.07, 6.45) is 3.72. The summed E-state index contributed by atoms with van der Waals surface area (Å²) in [5.74, 6) is 0.983. The Morgan fingerprint density at radius 3 is 2.71 bits per heavy atom. The number of hydrogen-bond donors (Lipinski definition) is 0. The van der Waals surface area contributed by atoms with Crippen LogP contribution in [0, 0.1) is 0 Å². The molecule has 1 unspecified atom stereocenters. The number of para-hydroxylation sites is 1. The first-order chi connectivity index (χ1) is 8.29. The topological polar surface area (TPSA) is 32.3 Å². The van der Waals surface area contributed by atoms with Gasteiger partial charge in [-0.05, 0) is 19.1 Å². The van der Waals surface area contributed by atoms with E-state index in [0.29, 0.717) is 0 Å². The van der Waals surface area contributed by atoms with Crippen LogP contribution in [-0.2, 0) is 0 Å². The van der Waals surface area contributed by atoms with Gasteiger partial charge in [-0.15, -0.1) is 0 Å². The van der Waals surface area contributed by atoms with Gasteiger partial charge in [0.05, 0.1) is 6.20 Å². The third-order valence-electron chi connectivity index (χ3n) is 3.23. The van der Waals surface area contributed by atoms with Gasteiger partial charge in [0.1, 0.15) is 18.2 Å². The number of anilines is 3. The van der Waals surface area contributed by atoms with Crippen molar-refractivity contribution in [2.75, 3.05) is 16.8 Å². The lowest BCUT2D eigenvalue weighted by Gasteiger charge is -2.26. The first kappa shape index (κ1) is 10.1. The van der Waals surface area contributed by atoms with E-state index in [1.165, 1.54) is 5.69 Å². The second kappa shape index (κ2) is 3.73. The molecule has 4 heteroatoms. The van der Waals surface area contributed by atoms with Crippen molar-refractivity contribution in [2.24, 2.45) is 0 Å². The standard InChI is InChI=1S/C13H14N4/c1-10-16(2)13-12(8-14-9-15-13)17(10)11-6-4-3-5-7-11/h3-10H,1-2H3. The van der Waals surface area contributed by atoms with Crippen molar-refractivity contribution in [3.63, 3.8) is 0 Å². The Kier molecular flexibility index (Phi) is 2.21. The molecule has 0 amide bonds. The molecule has 0 spiro atoms. The summed E-state index contributed by atoms with van der Waals surface area (Å²) >= 11 is 0. The Bertz CT molecular complexity index is 526. The number of hydrogen-bond acceptors (Lipinski definition) is 4. The van der Waals surface area contributed by atoms with Crippen LogP contribution in [0.1, 0.15) is 6.92 Å². The minimum absolute atomic E-state index is 0.254. The fraction of sp³-hybridized carbons (Fsp3) is 0.231. The Morgan fingerprint density at radius 2 is 1.94 bits per heavy atom. The Labute approximate surface area is 101 Å². The van der Waals surface area contributed by atoms with Crippen molar-refractivity contribution < 1.29 is 0 Å². The second-order valence-corrected chi connectivity index (χ2v) is 4.18. The maximum atomic E-state index is 4.34. The van der Waals surface area contributed by atoms with Crippen LogP contribution >= 0.6 is 0 Å². The molecular weight excluding hydrogens is 212 g/mol. The second-order valence-electron chi connectivity index (χ2n) is 4.18. The molecule has 2 aromatic rings. The third kappa shape index (κ3) is 1.45. The summed E-state index contributed by atoms with van der Waals surface area (Å²) in [5, 5.41) is 0. The zero-order valence-electron chi connectivity index (χ0n) is 9.91. The van der Waals surface area contributed by atoms with Crippen LogP contribution in [-0.4, -0.2) is 23.2 Å². The Balaban J connectivity index is 2.13. The summed E-state index contributed by atoms with van der Waals surface area (Å²) in [5.41, 5.74) is 2.23. The van der Waals surface area contributed by atoms with Gasteiger partial charge in [-0.2, -0.15) is 0 Å². The molecule has 0 N–H and O–H groups in total. The summed E-state index contributed by atoms with van der Waals surface area (Å²) in [7, 11) is 2.06. The van der Waals surface area contributed by atoms with Gasteiger partial charge in [0, 0.05) is 12.7 Å². The fourth-order valence-corrected chi connectivity index (χ4v) is 2.25. The highest BCUT2D eigenvalue weighted by atomic mass is 15.4. The average Bonchev–Trinajstić information content (AvgIpc) is 2.64. The summed E-state index contributed by atoms with van der Waals surface area (Å²) in [4.78, 5) is 12.9. The highest BCUT2D eigenvalue weighted by Crippen LogP contribution is 2.40. The number of nitrogens with zero attached hydrogens (tertiary/aromatic N) is 4. The van der Waals surface area contributed by atoms with E-state index in [-0.39, 0.29) is 6.17 Å². The molecule has 17 heavy (non-hydrogen) atoms. The van der Waals surface area contributed by atoms with E-state index < -0.39 is 0 Å². The van der Waals surface area contributed by atoms with Gasteiger partial charge in [0.25, 0.3) is 0 Å². The molecule has 0 radical (unpaired) electrons. The minimum atomic E-state index is 0.254. The number of rotatable bonds is 1. The number of aromatic nitrogens is 2. The lowest BCUT2D eigenvalue weighted by Crippen LogP contribution is -2.35. The van der Waals surface area contributed by atoms with Crippen molar-refractivity contribution >= 4 is 17.2 Å². The summed E-state index contributed by atoms with van der Waals surface area (Å²) < 4.78 is 0. The Hall–Kier alpha value is -2.10. The number of benzene rings is 1. The first-order valence-electron chi connectivity index (χ1n) is 5.66. The average molecular weight is 226 g/mol. The summed E-state index contributed by atoms with van der Waals surface area (Å²) in [6, 6.07) is 10.3. The molecule has 1 aromatic heterocycles. The van der Waals surface area contributed by atoms with Crippen LogP contribution < -0.4 is 9.80 Å². The van der Waals surface area contributed by atoms with Crippen LogP contribution in [0.3, 0.4) is 0 Å². The molecule has 1 aliphatic heterocycles. The van der Waals surface area contributed by atoms with Gasteiger partial charge in [-0.1, -0.05) is 18.2 Å². The van der Waals surface area contributed by atoms with E-state index in [1.807, 2.05) is 24.4 Å². The maximum absolute atomic E-state index is 4.34. The molecule has 3 rings (SSSR count). The summed E-state index contributed by atoms with van der Waals surface area (Å²) in [6.45, 7) is 2.16. The monoisotopic (exact) mass is 226 g/mol. The molecule has 0 fully saturated rings. The predicted molar refractivity (Wildman–Crippen MR) is 68.5 cm³/mol. The van der Waals surface area contributed by atoms with Crippen molar-refractivity contribution in [3.8, 4) is 0 Å². The van der Waals surface area contributed by atoms with Crippen molar-refractivity contribution in [1.82, 2.24) is 9.97 Å². The van der Waals surface area contributed by atoms with E-state index in [0.717, 1.165) is 11.5 Å². The largest absolute Gasteiger partial charge is 0.337 e.